The predicted molar refractivity (Wildman–Crippen MR) is 142 cm³/mol. The van der Waals surface area contributed by atoms with Gasteiger partial charge in [0.1, 0.15) is 11.4 Å². The van der Waals surface area contributed by atoms with Gasteiger partial charge in [-0.15, -0.1) is 24.0 Å². The fourth-order valence-electron chi connectivity index (χ4n) is 4.06. The molecule has 0 amide bonds. The van der Waals surface area contributed by atoms with E-state index in [9.17, 15) is 0 Å². The molecule has 8 heteroatoms. The van der Waals surface area contributed by atoms with Crippen LogP contribution in [0.2, 0.25) is 0 Å². The van der Waals surface area contributed by atoms with Crippen LogP contribution in [0.3, 0.4) is 0 Å². The molecule has 0 spiro atoms. The molecule has 2 aromatic carbocycles. The first-order valence-electron chi connectivity index (χ1n) is 11.1. The minimum absolute atomic E-state index is 0. The number of hydrogen-bond donors (Lipinski definition) is 2. The lowest BCUT2D eigenvalue weighted by Crippen LogP contribution is -2.42. The van der Waals surface area contributed by atoms with Crippen molar-refractivity contribution < 1.29 is 9.26 Å². The van der Waals surface area contributed by atoms with E-state index < -0.39 is 0 Å². The van der Waals surface area contributed by atoms with E-state index in [1.54, 1.807) is 14.2 Å². The van der Waals surface area contributed by atoms with Crippen molar-refractivity contribution in [2.75, 3.05) is 33.8 Å². The van der Waals surface area contributed by atoms with Crippen molar-refractivity contribution >= 4 is 29.9 Å². The second-order valence-electron chi connectivity index (χ2n) is 7.89. The SMILES string of the molecule is CN=C(NCc1cc(-c2ccccc2)on1)NCC(c1ccc(OC)cc1)N1CCCC1.I. The van der Waals surface area contributed by atoms with Crippen LogP contribution in [-0.4, -0.2) is 49.8 Å². The Hall–Kier alpha value is -2.59. The molecule has 1 saturated heterocycles. The third kappa shape index (κ3) is 6.70. The number of aromatic nitrogens is 1. The second kappa shape index (κ2) is 12.6. The summed E-state index contributed by atoms with van der Waals surface area (Å²) in [7, 11) is 3.48. The number of benzene rings is 2. The normalized spacial score (nSPS) is 15.0. The van der Waals surface area contributed by atoms with Crippen molar-refractivity contribution in [3.05, 3.63) is 71.9 Å². The van der Waals surface area contributed by atoms with E-state index in [4.69, 9.17) is 9.26 Å². The molecule has 1 atom stereocenters. The average Bonchev–Trinajstić information content (AvgIpc) is 3.55. The van der Waals surface area contributed by atoms with Crippen molar-refractivity contribution in [1.29, 1.82) is 0 Å². The molecule has 0 saturated carbocycles. The molecule has 1 unspecified atom stereocenters. The number of likely N-dealkylation sites (tertiary alicyclic amines) is 1. The van der Waals surface area contributed by atoms with Crippen LogP contribution in [0.25, 0.3) is 11.3 Å². The number of halogens is 1. The van der Waals surface area contributed by atoms with Crippen molar-refractivity contribution in [1.82, 2.24) is 20.7 Å². The van der Waals surface area contributed by atoms with Crippen molar-refractivity contribution in [3.63, 3.8) is 0 Å². The van der Waals surface area contributed by atoms with E-state index >= 15 is 0 Å². The number of nitrogens with zero attached hydrogens (tertiary/aromatic N) is 3. The van der Waals surface area contributed by atoms with Gasteiger partial charge in [0.25, 0.3) is 0 Å². The van der Waals surface area contributed by atoms with Gasteiger partial charge < -0.3 is 19.9 Å². The number of rotatable bonds is 8. The van der Waals surface area contributed by atoms with Gasteiger partial charge in [0, 0.05) is 25.2 Å². The number of aliphatic imine (C=N–C) groups is 1. The molecule has 0 bridgehead atoms. The predicted octanol–water partition coefficient (Wildman–Crippen LogP) is 4.47. The Kier molecular flexibility index (Phi) is 9.56. The lowest BCUT2D eigenvalue weighted by atomic mass is 10.1. The van der Waals surface area contributed by atoms with Gasteiger partial charge in [0.2, 0.25) is 0 Å². The summed E-state index contributed by atoms with van der Waals surface area (Å²) in [6.45, 7) is 3.53. The number of nitrogens with one attached hydrogen (secondary N) is 2. The molecule has 0 aliphatic carbocycles. The fraction of sp³-hybridized carbons (Fsp3) is 0.360. The largest absolute Gasteiger partial charge is 0.497 e. The molecule has 2 N–H and O–H groups in total. The summed E-state index contributed by atoms with van der Waals surface area (Å²) in [6.07, 6.45) is 2.49. The summed E-state index contributed by atoms with van der Waals surface area (Å²) in [5.74, 6) is 2.38. The van der Waals surface area contributed by atoms with Crippen molar-refractivity contribution in [3.8, 4) is 17.1 Å². The maximum Gasteiger partial charge on any atom is 0.191 e. The number of hydrogen-bond acceptors (Lipinski definition) is 5. The monoisotopic (exact) mass is 561 g/mol. The molecule has 1 aromatic heterocycles. The first-order valence-corrected chi connectivity index (χ1v) is 11.1. The Morgan fingerprint density at radius 1 is 1.09 bits per heavy atom. The summed E-state index contributed by atoms with van der Waals surface area (Å²) in [5.41, 5.74) is 3.12. The van der Waals surface area contributed by atoms with Gasteiger partial charge in [-0.1, -0.05) is 47.6 Å². The molecule has 1 fully saturated rings. The third-order valence-corrected chi connectivity index (χ3v) is 5.82. The van der Waals surface area contributed by atoms with Gasteiger partial charge in [0.15, 0.2) is 11.7 Å². The molecule has 4 rings (SSSR count). The first kappa shape index (κ1) is 25.0. The summed E-state index contributed by atoms with van der Waals surface area (Å²) >= 11 is 0. The van der Waals surface area contributed by atoms with Crippen LogP contribution in [0.4, 0.5) is 0 Å². The van der Waals surface area contributed by atoms with E-state index in [1.165, 1.54) is 18.4 Å². The van der Waals surface area contributed by atoms with Crippen LogP contribution >= 0.6 is 24.0 Å². The zero-order valence-electron chi connectivity index (χ0n) is 19.2. The van der Waals surface area contributed by atoms with E-state index in [0.29, 0.717) is 6.54 Å². The van der Waals surface area contributed by atoms with E-state index in [-0.39, 0.29) is 30.0 Å². The summed E-state index contributed by atoms with van der Waals surface area (Å²) < 4.78 is 10.8. The standard InChI is InChI=1S/C25H31N5O2.HI/c1-26-25(27-17-21-16-24(32-29-21)20-8-4-3-5-9-20)28-18-23(30-14-6-7-15-30)19-10-12-22(31-2)13-11-19;/h3-5,8-13,16,23H,6-7,14-15,17-18H2,1-2H3,(H2,26,27,28);1H. The van der Waals surface area contributed by atoms with Gasteiger partial charge in [-0.2, -0.15) is 0 Å². The molecule has 176 valence electrons. The fourth-order valence-corrected chi connectivity index (χ4v) is 4.06. The lowest BCUT2D eigenvalue weighted by Gasteiger charge is -2.29. The first-order chi connectivity index (χ1) is 15.8. The van der Waals surface area contributed by atoms with Gasteiger partial charge >= 0.3 is 0 Å². The molecule has 0 radical (unpaired) electrons. The zero-order valence-corrected chi connectivity index (χ0v) is 21.5. The van der Waals surface area contributed by atoms with Crippen LogP contribution in [0, 0.1) is 0 Å². The molecule has 1 aliphatic rings. The van der Waals surface area contributed by atoms with Gasteiger partial charge in [-0.05, 0) is 43.6 Å². The van der Waals surface area contributed by atoms with E-state index in [1.807, 2.05) is 48.5 Å². The highest BCUT2D eigenvalue weighted by atomic mass is 127. The van der Waals surface area contributed by atoms with Crippen LogP contribution in [0.1, 0.15) is 30.1 Å². The Morgan fingerprint density at radius 2 is 1.82 bits per heavy atom. The zero-order chi connectivity index (χ0) is 22.2. The summed E-state index contributed by atoms with van der Waals surface area (Å²) in [6, 6.07) is 20.6. The Bertz CT molecular complexity index is 1000. The Balaban J connectivity index is 0.00000306. The lowest BCUT2D eigenvalue weighted by molar-refractivity contribution is 0.245. The van der Waals surface area contributed by atoms with Crippen LogP contribution < -0.4 is 15.4 Å². The van der Waals surface area contributed by atoms with E-state index in [0.717, 1.165) is 48.4 Å². The molecular formula is C25H32IN5O2. The molecule has 3 aromatic rings. The maximum atomic E-state index is 5.49. The maximum absolute atomic E-state index is 5.49. The molecular weight excluding hydrogens is 529 g/mol. The minimum atomic E-state index is 0. The molecule has 7 nitrogen and oxygen atoms in total. The highest BCUT2D eigenvalue weighted by molar-refractivity contribution is 14.0. The van der Waals surface area contributed by atoms with Gasteiger partial charge in [-0.3, -0.25) is 9.89 Å². The second-order valence-corrected chi connectivity index (χ2v) is 7.89. The third-order valence-electron chi connectivity index (χ3n) is 5.82. The van der Waals surface area contributed by atoms with Crippen molar-refractivity contribution in [2.24, 2.45) is 4.99 Å². The molecule has 2 heterocycles. The Morgan fingerprint density at radius 3 is 2.48 bits per heavy atom. The quantitative estimate of drug-likeness (QED) is 0.240. The average molecular weight is 561 g/mol. The highest BCUT2D eigenvalue weighted by Crippen LogP contribution is 2.26. The smallest absolute Gasteiger partial charge is 0.191 e. The van der Waals surface area contributed by atoms with Gasteiger partial charge in [-0.25, -0.2) is 0 Å². The van der Waals surface area contributed by atoms with Crippen LogP contribution in [0.5, 0.6) is 5.75 Å². The molecule has 1 aliphatic heterocycles. The van der Waals surface area contributed by atoms with Crippen LogP contribution in [-0.2, 0) is 6.54 Å². The minimum Gasteiger partial charge on any atom is -0.497 e. The number of methoxy groups -OCH3 is 1. The van der Waals surface area contributed by atoms with Crippen molar-refractivity contribution in [2.45, 2.75) is 25.4 Å². The number of guanidine groups is 1. The number of ether oxygens (including phenoxy) is 1. The summed E-state index contributed by atoms with van der Waals surface area (Å²) in [4.78, 5) is 6.92. The highest BCUT2D eigenvalue weighted by Gasteiger charge is 2.23. The van der Waals surface area contributed by atoms with Gasteiger partial charge in [0.05, 0.1) is 19.7 Å². The Labute approximate surface area is 212 Å². The van der Waals surface area contributed by atoms with E-state index in [2.05, 4.69) is 37.8 Å². The summed E-state index contributed by atoms with van der Waals surface area (Å²) in [5, 5.41) is 11.0. The molecule has 33 heavy (non-hydrogen) atoms. The topological polar surface area (TPSA) is 74.9 Å². The van der Waals surface area contributed by atoms with Crippen LogP contribution in [0.15, 0.2) is 70.2 Å².